The smallest absolute Gasteiger partial charge is 0.101 e. The van der Waals surface area contributed by atoms with Crippen molar-refractivity contribution in [3.8, 4) is 12.1 Å². The van der Waals surface area contributed by atoms with E-state index in [1.165, 1.54) is 0 Å². The van der Waals surface area contributed by atoms with Crippen molar-refractivity contribution in [3.05, 3.63) is 59.7 Å². The van der Waals surface area contributed by atoms with Gasteiger partial charge in [-0.25, -0.2) is 0 Å². The summed E-state index contributed by atoms with van der Waals surface area (Å²) in [7, 11) is 0. The van der Waals surface area contributed by atoms with E-state index >= 15 is 0 Å². The molecule has 0 heterocycles. The Balaban J connectivity index is 2.30. The van der Waals surface area contributed by atoms with Gasteiger partial charge in [-0.15, -0.1) is 0 Å². The lowest BCUT2D eigenvalue weighted by Gasteiger charge is -2.02. The minimum absolute atomic E-state index is 0.421. The highest BCUT2D eigenvalue weighted by Gasteiger charge is 2.03. The van der Waals surface area contributed by atoms with Gasteiger partial charge in [0.25, 0.3) is 0 Å². The lowest BCUT2D eigenvalue weighted by molar-refractivity contribution is 1.35. The first-order valence-electron chi connectivity index (χ1n) is 5.00. The molecule has 0 fully saturated rings. The summed E-state index contributed by atoms with van der Waals surface area (Å²) in [6, 6.07) is 19.2. The van der Waals surface area contributed by atoms with Crippen molar-refractivity contribution in [1.82, 2.24) is 0 Å². The monoisotopic (exact) mass is 236 g/mol. The highest BCUT2D eigenvalue weighted by atomic mass is 32.2. The van der Waals surface area contributed by atoms with Crippen molar-refractivity contribution in [2.24, 2.45) is 0 Å². The summed E-state index contributed by atoms with van der Waals surface area (Å²) < 4.78 is 0. The fourth-order valence-electron chi connectivity index (χ4n) is 1.40. The van der Waals surface area contributed by atoms with Gasteiger partial charge in [0.2, 0.25) is 0 Å². The van der Waals surface area contributed by atoms with Crippen LogP contribution in [0, 0.1) is 22.7 Å². The zero-order valence-electron chi connectivity index (χ0n) is 8.92. The number of hydrogen-bond acceptors (Lipinski definition) is 3. The Morgan fingerprint density at radius 1 is 0.765 bits per heavy atom. The molecule has 0 saturated carbocycles. The Labute approximate surface area is 104 Å². The average molecular weight is 236 g/mol. The van der Waals surface area contributed by atoms with E-state index in [4.69, 9.17) is 10.5 Å². The molecule has 17 heavy (non-hydrogen) atoms. The van der Waals surface area contributed by atoms with E-state index in [1.807, 2.05) is 48.5 Å². The van der Waals surface area contributed by atoms with Crippen LogP contribution in [-0.2, 0) is 0 Å². The standard InChI is InChI=1S/C14H8N2S/c15-9-11-6-7-14(8-12(11)10-16)17-13-4-2-1-3-5-13/h1-8H. The number of rotatable bonds is 2. The van der Waals surface area contributed by atoms with Gasteiger partial charge in [-0.05, 0) is 30.3 Å². The van der Waals surface area contributed by atoms with Crippen LogP contribution < -0.4 is 0 Å². The minimum atomic E-state index is 0.421. The molecule has 0 radical (unpaired) electrons. The quantitative estimate of drug-likeness (QED) is 0.800. The third kappa shape index (κ3) is 2.66. The van der Waals surface area contributed by atoms with Crippen LogP contribution in [-0.4, -0.2) is 0 Å². The Hall–Kier alpha value is -2.23. The molecular formula is C14H8N2S. The van der Waals surface area contributed by atoms with Gasteiger partial charge < -0.3 is 0 Å². The average Bonchev–Trinajstić information content (AvgIpc) is 2.40. The molecule has 0 atom stereocenters. The summed E-state index contributed by atoms with van der Waals surface area (Å²) in [6.45, 7) is 0. The highest BCUT2D eigenvalue weighted by molar-refractivity contribution is 7.99. The van der Waals surface area contributed by atoms with E-state index in [0.717, 1.165) is 9.79 Å². The lowest BCUT2D eigenvalue weighted by Crippen LogP contribution is -1.84. The van der Waals surface area contributed by atoms with Crippen LogP contribution in [0.25, 0.3) is 0 Å². The second kappa shape index (κ2) is 5.21. The van der Waals surface area contributed by atoms with E-state index in [1.54, 1.807) is 23.9 Å². The highest BCUT2D eigenvalue weighted by Crippen LogP contribution is 2.28. The van der Waals surface area contributed by atoms with Crippen LogP contribution in [0.5, 0.6) is 0 Å². The second-order valence-electron chi connectivity index (χ2n) is 3.35. The van der Waals surface area contributed by atoms with Crippen molar-refractivity contribution in [3.63, 3.8) is 0 Å². The van der Waals surface area contributed by atoms with Crippen molar-refractivity contribution in [2.45, 2.75) is 9.79 Å². The van der Waals surface area contributed by atoms with Crippen molar-refractivity contribution < 1.29 is 0 Å². The first-order valence-corrected chi connectivity index (χ1v) is 5.82. The first kappa shape index (κ1) is 11.3. The lowest BCUT2D eigenvalue weighted by atomic mass is 10.1. The summed E-state index contributed by atoms with van der Waals surface area (Å²) in [6.07, 6.45) is 0. The van der Waals surface area contributed by atoms with Crippen molar-refractivity contribution in [2.75, 3.05) is 0 Å². The molecular weight excluding hydrogens is 228 g/mol. The van der Waals surface area contributed by atoms with E-state index in [-0.39, 0.29) is 0 Å². The summed E-state index contributed by atoms with van der Waals surface area (Å²) >= 11 is 1.58. The maximum Gasteiger partial charge on any atom is 0.101 e. The molecule has 2 aromatic rings. The zero-order chi connectivity index (χ0) is 12.1. The third-order valence-electron chi connectivity index (χ3n) is 2.21. The molecule has 0 amide bonds. The maximum atomic E-state index is 8.93. The van der Waals surface area contributed by atoms with Crippen LogP contribution in [0.3, 0.4) is 0 Å². The Morgan fingerprint density at radius 3 is 2.12 bits per heavy atom. The van der Waals surface area contributed by atoms with Crippen LogP contribution in [0.15, 0.2) is 58.3 Å². The van der Waals surface area contributed by atoms with Crippen molar-refractivity contribution in [1.29, 1.82) is 10.5 Å². The molecule has 3 heteroatoms. The molecule has 2 nitrogen and oxygen atoms in total. The van der Waals surface area contributed by atoms with Gasteiger partial charge in [0.1, 0.15) is 12.1 Å². The molecule has 0 N–H and O–H groups in total. The van der Waals surface area contributed by atoms with Gasteiger partial charge in [0, 0.05) is 9.79 Å². The van der Waals surface area contributed by atoms with Gasteiger partial charge in [-0.1, -0.05) is 30.0 Å². The maximum absolute atomic E-state index is 8.93. The number of hydrogen-bond donors (Lipinski definition) is 0. The Bertz CT molecular complexity index is 606. The van der Waals surface area contributed by atoms with E-state index < -0.39 is 0 Å². The molecule has 0 saturated heterocycles. The summed E-state index contributed by atoms with van der Waals surface area (Å²) in [5, 5.41) is 17.8. The van der Waals surface area contributed by atoms with E-state index in [9.17, 15) is 0 Å². The Morgan fingerprint density at radius 2 is 1.47 bits per heavy atom. The Kier molecular flexibility index (Phi) is 3.45. The molecule has 0 unspecified atom stereocenters. The van der Waals surface area contributed by atoms with Crippen LogP contribution in [0.2, 0.25) is 0 Å². The topological polar surface area (TPSA) is 47.6 Å². The summed E-state index contributed by atoms with van der Waals surface area (Å²) in [4.78, 5) is 2.08. The largest absolute Gasteiger partial charge is 0.192 e. The predicted molar refractivity (Wildman–Crippen MR) is 66.4 cm³/mol. The van der Waals surface area contributed by atoms with Gasteiger partial charge in [-0.2, -0.15) is 10.5 Å². The number of benzene rings is 2. The molecule has 0 aromatic heterocycles. The minimum Gasteiger partial charge on any atom is -0.192 e. The fourth-order valence-corrected chi connectivity index (χ4v) is 2.28. The third-order valence-corrected chi connectivity index (χ3v) is 3.21. The zero-order valence-corrected chi connectivity index (χ0v) is 9.74. The van der Waals surface area contributed by atoms with Gasteiger partial charge in [-0.3, -0.25) is 0 Å². The molecule has 0 aliphatic rings. The van der Waals surface area contributed by atoms with Crippen LogP contribution >= 0.6 is 11.8 Å². The molecule has 2 aromatic carbocycles. The number of nitrogens with zero attached hydrogens (tertiary/aromatic N) is 2. The summed E-state index contributed by atoms with van der Waals surface area (Å²) in [5.41, 5.74) is 0.846. The second-order valence-corrected chi connectivity index (χ2v) is 4.49. The predicted octanol–water partition coefficient (Wildman–Crippen LogP) is 3.58. The molecule has 2 rings (SSSR count). The number of nitriles is 2. The van der Waals surface area contributed by atoms with E-state index in [0.29, 0.717) is 11.1 Å². The van der Waals surface area contributed by atoms with Crippen molar-refractivity contribution >= 4 is 11.8 Å². The molecule has 80 valence electrons. The normalized spacial score (nSPS) is 9.29. The SMILES string of the molecule is N#Cc1ccc(Sc2ccccc2)cc1C#N. The molecule has 0 bridgehead atoms. The van der Waals surface area contributed by atoms with Gasteiger partial charge in [0.05, 0.1) is 11.1 Å². The van der Waals surface area contributed by atoms with E-state index in [2.05, 4.69) is 0 Å². The van der Waals surface area contributed by atoms with Gasteiger partial charge >= 0.3 is 0 Å². The molecule has 0 aliphatic carbocycles. The first-order chi connectivity index (χ1) is 8.33. The molecule has 0 spiro atoms. The molecule has 0 aliphatic heterocycles. The van der Waals surface area contributed by atoms with Crippen LogP contribution in [0.4, 0.5) is 0 Å². The fraction of sp³-hybridized carbons (Fsp3) is 0. The van der Waals surface area contributed by atoms with Gasteiger partial charge in [0.15, 0.2) is 0 Å². The summed E-state index contributed by atoms with van der Waals surface area (Å²) in [5.74, 6) is 0. The van der Waals surface area contributed by atoms with Crippen LogP contribution in [0.1, 0.15) is 11.1 Å².